The molecule has 0 aliphatic rings. The molecular formula is C12H14N2O4. The lowest BCUT2D eigenvalue weighted by Crippen LogP contribution is -2.35. The molecular weight excluding hydrogens is 236 g/mol. The van der Waals surface area contributed by atoms with Crippen LogP contribution in [0.3, 0.4) is 0 Å². The molecule has 1 unspecified atom stereocenters. The van der Waals surface area contributed by atoms with E-state index in [9.17, 15) is 20.1 Å². The van der Waals surface area contributed by atoms with Gasteiger partial charge >= 0.3 is 0 Å². The Morgan fingerprint density at radius 2 is 2.11 bits per heavy atom. The van der Waals surface area contributed by atoms with Gasteiger partial charge in [-0.15, -0.1) is 6.58 Å². The summed E-state index contributed by atoms with van der Waals surface area (Å²) in [5.74, 6) is -0.598. The maximum Gasteiger partial charge on any atom is 0.277 e. The van der Waals surface area contributed by atoms with Gasteiger partial charge in [0.1, 0.15) is 0 Å². The standard InChI is InChI=1S/C12H14N2O4/c1-3-4-9(2)13(16)12(15)10-5-7-11(8-6-10)14(17)18/h3,5-9,16H,1,4H2,2H3. The highest BCUT2D eigenvalue weighted by molar-refractivity contribution is 5.93. The average molecular weight is 250 g/mol. The van der Waals surface area contributed by atoms with Crippen LogP contribution >= 0.6 is 0 Å². The number of carbonyl (C=O) groups excluding carboxylic acids is 1. The van der Waals surface area contributed by atoms with Crippen molar-refractivity contribution >= 4 is 11.6 Å². The molecule has 1 N–H and O–H groups in total. The summed E-state index contributed by atoms with van der Waals surface area (Å²) in [6.45, 7) is 5.19. The van der Waals surface area contributed by atoms with Crippen molar-refractivity contribution in [3.63, 3.8) is 0 Å². The molecule has 1 aromatic carbocycles. The summed E-state index contributed by atoms with van der Waals surface area (Å²) in [7, 11) is 0. The lowest BCUT2D eigenvalue weighted by Gasteiger charge is -2.21. The fourth-order valence-corrected chi connectivity index (χ4v) is 1.40. The van der Waals surface area contributed by atoms with Crippen LogP contribution in [-0.4, -0.2) is 27.1 Å². The molecule has 0 saturated heterocycles. The van der Waals surface area contributed by atoms with Crippen LogP contribution in [0.2, 0.25) is 0 Å². The Morgan fingerprint density at radius 1 is 1.56 bits per heavy atom. The predicted molar refractivity (Wildman–Crippen MR) is 65.3 cm³/mol. The van der Waals surface area contributed by atoms with Crippen molar-refractivity contribution in [1.82, 2.24) is 5.06 Å². The van der Waals surface area contributed by atoms with Crippen LogP contribution in [0.4, 0.5) is 5.69 Å². The van der Waals surface area contributed by atoms with Crippen LogP contribution in [0.1, 0.15) is 23.7 Å². The third-order valence-electron chi connectivity index (χ3n) is 2.46. The number of hydroxylamine groups is 2. The number of carbonyl (C=O) groups is 1. The average Bonchev–Trinajstić information content (AvgIpc) is 2.37. The molecule has 0 saturated carbocycles. The van der Waals surface area contributed by atoms with E-state index in [4.69, 9.17) is 0 Å². The number of rotatable bonds is 5. The smallest absolute Gasteiger partial charge is 0.277 e. The van der Waals surface area contributed by atoms with Gasteiger partial charge in [-0.1, -0.05) is 6.08 Å². The Kier molecular flexibility index (Phi) is 4.56. The van der Waals surface area contributed by atoms with E-state index in [1.165, 1.54) is 24.3 Å². The van der Waals surface area contributed by atoms with Gasteiger partial charge in [-0.25, -0.2) is 5.06 Å². The highest BCUT2D eigenvalue weighted by Gasteiger charge is 2.19. The number of non-ortho nitro benzene ring substituents is 1. The third kappa shape index (κ3) is 3.14. The van der Waals surface area contributed by atoms with E-state index in [0.717, 1.165) is 0 Å². The van der Waals surface area contributed by atoms with Crippen molar-refractivity contribution in [2.45, 2.75) is 19.4 Å². The first kappa shape index (κ1) is 13.9. The van der Waals surface area contributed by atoms with Crippen LogP contribution in [0, 0.1) is 10.1 Å². The molecule has 96 valence electrons. The van der Waals surface area contributed by atoms with Crippen molar-refractivity contribution in [1.29, 1.82) is 0 Å². The van der Waals surface area contributed by atoms with Crippen molar-refractivity contribution in [3.05, 3.63) is 52.6 Å². The number of nitro benzene ring substituents is 1. The molecule has 0 fully saturated rings. The van der Waals surface area contributed by atoms with Crippen LogP contribution in [0.5, 0.6) is 0 Å². The van der Waals surface area contributed by atoms with Crippen LogP contribution < -0.4 is 0 Å². The second kappa shape index (κ2) is 5.92. The topological polar surface area (TPSA) is 83.7 Å². The van der Waals surface area contributed by atoms with E-state index in [0.29, 0.717) is 11.5 Å². The van der Waals surface area contributed by atoms with Crippen LogP contribution in [0.15, 0.2) is 36.9 Å². The molecule has 1 rings (SSSR count). The third-order valence-corrected chi connectivity index (χ3v) is 2.46. The fraction of sp³-hybridized carbons (Fsp3) is 0.250. The summed E-state index contributed by atoms with van der Waals surface area (Å²) in [6.07, 6.45) is 2.05. The van der Waals surface area contributed by atoms with Gasteiger partial charge in [-0.3, -0.25) is 20.1 Å². The Balaban J connectivity index is 2.83. The van der Waals surface area contributed by atoms with Gasteiger partial charge in [0.05, 0.1) is 11.0 Å². The SMILES string of the molecule is C=CCC(C)N(O)C(=O)c1ccc([N+](=O)[O-])cc1. The van der Waals surface area contributed by atoms with Gasteiger partial charge < -0.3 is 0 Å². The van der Waals surface area contributed by atoms with Gasteiger partial charge in [0.15, 0.2) is 0 Å². The highest BCUT2D eigenvalue weighted by Crippen LogP contribution is 2.14. The molecule has 0 bridgehead atoms. The maximum absolute atomic E-state index is 11.8. The van der Waals surface area contributed by atoms with E-state index in [1.807, 2.05) is 0 Å². The minimum absolute atomic E-state index is 0.102. The highest BCUT2D eigenvalue weighted by atomic mass is 16.6. The summed E-state index contributed by atoms with van der Waals surface area (Å²) < 4.78 is 0. The van der Waals surface area contributed by atoms with Gasteiger partial charge in [-0.2, -0.15) is 0 Å². The number of hydrogen-bond acceptors (Lipinski definition) is 4. The largest absolute Gasteiger partial charge is 0.285 e. The van der Waals surface area contributed by atoms with Gasteiger partial charge in [0.2, 0.25) is 0 Å². The van der Waals surface area contributed by atoms with Crippen molar-refractivity contribution in [3.8, 4) is 0 Å². The first-order valence-electron chi connectivity index (χ1n) is 5.35. The molecule has 18 heavy (non-hydrogen) atoms. The second-order valence-corrected chi connectivity index (χ2v) is 3.83. The van der Waals surface area contributed by atoms with E-state index in [-0.39, 0.29) is 11.3 Å². The van der Waals surface area contributed by atoms with E-state index >= 15 is 0 Å². The predicted octanol–water partition coefficient (Wildman–Crippen LogP) is 2.39. The zero-order chi connectivity index (χ0) is 13.7. The summed E-state index contributed by atoms with van der Waals surface area (Å²) in [4.78, 5) is 21.7. The van der Waals surface area contributed by atoms with E-state index in [2.05, 4.69) is 6.58 Å². The van der Waals surface area contributed by atoms with E-state index in [1.54, 1.807) is 13.0 Å². The van der Waals surface area contributed by atoms with Crippen molar-refractivity contribution < 1.29 is 14.9 Å². The maximum atomic E-state index is 11.8. The van der Waals surface area contributed by atoms with Crippen LogP contribution in [-0.2, 0) is 0 Å². The summed E-state index contributed by atoms with van der Waals surface area (Å²) in [6, 6.07) is 4.66. The number of amides is 1. The molecule has 6 nitrogen and oxygen atoms in total. The second-order valence-electron chi connectivity index (χ2n) is 3.83. The Hall–Kier alpha value is -2.21. The summed E-state index contributed by atoms with van der Waals surface area (Å²) >= 11 is 0. The van der Waals surface area contributed by atoms with Crippen molar-refractivity contribution in [2.75, 3.05) is 0 Å². The first-order chi connectivity index (χ1) is 8.47. The van der Waals surface area contributed by atoms with Gasteiger partial charge in [0, 0.05) is 17.7 Å². The number of nitrogens with zero attached hydrogens (tertiary/aromatic N) is 2. The lowest BCUT2D eigenvalue weighted by atomic mass is 10.1. The number of hydrogen-bond donors (Lipinski definition) is 1. The van der Waals surface area contributed by atoms with Gasteiger partial charge in [0.25, 0.3) is 11.6 Å². The Morgan fingerprint density at radius 3 is 2.56 bits per heavy atom. The molecule has 1 amide bonds. The molecule has 0 heterocycles. The van der Waals surface area contributed by atoms with Crippen LogP contribution in [0.25, 0.3) is 0 Å². The minimum Gasteiger partial charge on any atom is -0.285 e. The molecule has 0 aliphatic carbocycles. The van der Waals surface area contributed by atoms with E-state index < -0.39 is 16.9 Å². The van der Waals surface area contributed by atoms with Gasteiger partial charge in [-0.05, 0) is 25.5 Å². The fourth-order valence-electron chi connectivity index (χ4n) is 1.40. The molecule has 1 atom stereocenters. The molecule has 1 aromatic rings. The quantitative estimate of drug-likeness (QED) is 0.376. The van der Waals surface area contributed by atoms with Crippen molar-refractivity contribution in [2.24, 2.45) is 0 Å². The minimum atomic E-state index is -0.598. The monoisotopic (exact) mass is 250 g/mol. The Bertz CT molecular complexity index is 456. The molecule has 0 spiro atoms. The summed E-state index contributed by atoms with van der Waals surface area (Å²) in [5, 5.41) is 20.7. The lowest BCUT2D eigenvalue weighted by molar-refractivity contribution is -0.384. The Labute approximate surface area is 104 Å². The number of benzene rings is 1. The normalized spacial score (nSPS) is 11.7. The first-order valence-corrected chi connectivity index (χ1v) is 5.35. The summed E-state index contributed by atoms with van der Waals surface area (Å²) in [5.41, 5.74) is 0.0918. The molecule has 6 heteroatoms. The zero-order valence-corrected chi connectivity index (χ0v) is 9.94. The number of nitro groups is 1. The zero-order valence-electron chi connectivity index (χ0n) is 9.94. The molecule has 0 radical (unpaired) electrons. The molecule has 0 aromatic heterocycles. The molecule has 0 aliphatic heterocycles.